The van der Waals surface area contributed by atoms with Crippen molar-refractivity contribution in [3.63, 3.8) is 0 Å². The van der Waals surface area contributed by atoms with Gasteiger partial charge in [-0.15, -0.1) is 0 Å². The van der Waals surface area contributed by atoms with E-state index >= 15 is 0 Å². The Labute approximate surface area is 147 Å². The second kappa shape index (κ2) is 5.83. The van der Waals surface area contributed by atoms with Crippen molar-refractivity contribution in [1.82, 2.24) is 14.9 Å². The van der Waals surface area contributed by atoms with Crippen molar-refractivity contribution in [1.29, 1.82) is 0 Å². The zero-order valence-corrected chi connectivity index (χ0v) is 14.0. The fourth-order valence-electron chi connectivity index (χ4n) is 3.08. The van der Waals surface area contributed by atoms with E-state index in [0.717, 1.165) is 25.3 Å². The summed E-state index contributed by atoms with van der Waals surface area (Å²) >= 11 is 0. The lowest BCUT2D eigenvalue weighted by Gasteiger charge is -2.11. The fraction of sp³-hybridized carbons (Fsp3) is 0.222. The summed E-state index contributed by atoms with van der Waals surface area (Å²) in [6, 6.07) is 6.16. The van der Waals surface area contributed by atoms with Crippen molar-refractivity contribution in [2.45, 2.75) is 26.2 Å². The summed E-state index contributed by atoms with van der Waals surface area (Å²) in [6.07, 6.45) is 2.75. The van der Waals surface area contributed by atoms with Gasteiger partial charge in [-0.05, 0) is 24.6 Å². The van der Waals surface area contributed by atoms with Crippen molar-refractivity contribution in [2.24, 2.45) is 0 Å². The van der Waals surface area contributed by atoms with Crippen LogP contribution >= 0.6 is 0 Å². The molecule has 0 unspecified atom stereocenters. The number of pyridine rings is 1. The molecule has 0 fully saturated rings. The summed E-state index contributed by atoms with van der Waals surface area (Å²) in [4.78, 5) is 40.6. The molecule has 1 aliphatic heterocycles. The second-order valence-corrected chi connectivity index (χ2v) is 6.14. The monoisotopic (exact) mass is 352 g/mol. The standard InChI is InChI=1S/C18H16N4O4/c1-2-3-4-13-20-11-7-9(5-6-12(11)26-13)22-14(23)8-10-15(16(22)19)18(25)21-17(10)24/h5-8H,2-4,19H2,1H3,(H,21,24,25). The summed E-state index contributed by atoms with van der Waals surface area (Å²) in [5.41, 5.74) is 7.21. The number of hydrogen-bond donors (Lipinski definition) is 2. The third kappa shape index (κ3) is 2.38. The third-order valence-corrected chi connectivity index (χ3v) is 4.37. The number of nitrogens with one attached hydrogen (secondary N) is 1. The second-order valence-electron chi connectivity index (χ2n) is 6.14. The zero-order valence-electron chi connectivity index (χ0n) is 14.0. The molecule has 0 spiro atoms. The molecule has 8 nitrogen and oxygen atoms in total. The number of aromatic nitrogens is 2. The molecule has 0 atom stereocenters. The van der Waals surface area contributed by atoms with Crippen molar-refractivity contribution < 1.29 is 14.0 Å². The van der Waals surface area contributed by atoms with Crippen LogP contribution in [0.4, 0.5) is 5.82 Å². The summed E-state index contributed by atoms with van der Waals surface area (Å²) < 4.78 is 6.88. The lowest BCUT2D eigenvalue weighted by atomic mass is 10.1. The predicted octanol–water partition coefficient (Wildman–Crippen LogP) is 1.79. The number of hydrogen-bond acceptors (Lipinski definition) is 6. The van der Waals surface area contributed by atoms with Crippen LogP contribution < -0.4 is 16.6 Å². The van der Waals surface area contributed by atoms with Gasteiger partial charge in [0.25, 0.3) is 17.4 Å². The number of rotatable bonds is 4. The van der Waals surface area contributed by atoms with E-state index < -0.39 is 17.4 Å². The average molecular weight is 352 g/mol. The Morgan fingerprint density at radius 3 is 2.77 bits per heavy atom. The third-order valence-electron chi connectivity index (χ3n) is 4.37. The van der Waals surface area contributed by atoms with Crippen molar-refractivity contribution in [3.8, 4) is 5.69 Å². The molecule has 2 amide bonds. The Kier molecular flexibility index (Phi) is 3.61. The Morgan fingerprint density at radius 1 is 1.19 bits per heavy atom. The van der Waals surface area contributed by atoms with Gasteiger partial charge < -0.3 is 10.2 Å². The minimum absolute atomic E-state index is 0.00174. The molecule has 1 aliphatic rings. The van der Waals surface area contributed by atoms with E-state index in [4.69, 9.17) is 10.2 Å². The molecule has 3 aromatic rings. The van der Waals surface area contributed by atoms with E-state index in [0.29, 0.717) is 22.7 Å². The highest BCUT2D eigenvalue weighted by Gasteiger charge is 2.31. The Balaban J connectivity index is 1.85. The number of imide groups is 1. The molecule has 3 N–H and O–H groups in total. The first-order valence-electron chi connectivity index (χ1n) is 8.30. The number of carbonyl (C=O) groups excluding carboxylic acids is 2. The fourth-order valence-corrected chi connectivity index (χ4v) is 3.08. The summed E-state index contributed by atoms with van der Waals surface area (Å²) in [7, 11) is 0. The van der Waals surface area contributed by atoms with Gasteiger partial charge in [0.05, 0.1) is 16.8 Å². The van der Waals surface area contributed by atoms with Gasteiger partial charge in [0.2, 0.25) is 0 Å². The summed E-state index contributed by atoms with van der Waals surface area (Å²) in [5.74, 6) is -0.669. The number of amides is 2. The van der Waals surface area contributed by atoms with Crippen LogP contribution in [0.1, 0.15) is 46.4 Å². The number of nitrogens with zero attached hydrogens (tertiary/aromatic N) is 2. The quantitative estimate of drug-likeness (QED) is 0.691. The van der Waals surface area contributed by atoms with E-state index in [-0.39, 0.29) is 16.9 Å². The van der Waals surface area contributed by atoms with Crippen LogP contribution in [0.25, 0.3) is 16.8 Å². The van der Waals surface area contributed by atoms with Crippen LogP contribution in [-0.4, -0.2) is 21.4 Å². The number of fused-ring (bicyclic) bond motifs is 2. The first kappa shape index (κ1) is 16.1. The maximum absolute atomic E-state index is 12.5. The number of benzene rings is 1. The van der Waals surface area contributed by atoms with Crippen LogP contribution in [0.3, 0.4) is 0 Å². The van der Waals surface area contributed by atoms with Gasteiger partial charge in [-0.25, -0.2) is 4.98 Å². The first-order valence-corrected chi connectivity index (χ1v) is 8.30. The molecule has 2 aromatic heterocycles. The Bertz CT molecular complexity index is 1130. The van der Waals surface area contributed by atoms with Gasteiger partial charge in [-0.2, -0.15) is 0 Å². The number of nitrogens with two attached hydrogens (primary N) is 1. The number of unbranched alkanes of at least 4 members (excludes halogenated alkanes) is 1. The molecular formula is C18H16N4O4. The minimum Gasteiger partial charge on any atom is -0.441 e. The summed E-state index contributed by atoms with van der Waals surface area (Å²) in [6.45, 7) is 2.09. The van der Waals surface area contributed by atoms with Crippen LogP contribution in [0, 0.1) is 0 Å². The molecular weight excluding hydrogens is 336 g/mol. The van der Waals surface area contributed by atoms with E-state index in [2.05, 4.69) is 17.2 Å². The predicted molar refractivity (Wildman–Crippen MR) is 94.4 cm³/mol. The van der Waals surface area contributed by atoms with Crippen molar-refractivity contribution in [2.75, 3.05) is 5.73 Å². The van der Waals surface area contributed by atoms with Crippen LogP contribution in [0.2, 0.25) is 0 Å². The molecule has 4 rings (SSSR count). The number of aryl methyl sites for hydroxylation is 1. The van der Waals surface area contributed by atoms with Crippen molar-refractivity contribution >= 4 is 28.7 Å². The Hall–Kier alpha value is -3.42. The molecule has 0 saturated carbocycles. The lowest BCUT2D eigenvalue weighted by molar-refractivity contribution is 0.0880. The van der Waals surface area contributed by atoms with Gasteiger partial charge in [-0.3, -0.25) is 24.3 Å². The average Bonchev–Trinajstić information content (AvgIpc) is 3.13. The number of carbonyl (C=O) groups is 2. The number of oxazole rings is 1. The summed E-state index contributed by atoms with van der Waals surface area (Å²) in [5, 5.41) is 2.14. The molecule has 8 heteroatoms. The van der Waals surface area contributed by atoms with Gasteiger partial charge >= 0.3 is 0 Å². The van der Waals surface area contributed by atoms with Crippen molar-refractivity contribution in [3.05, 3.63) is 51.6 Å². The molecule has 0 saturated heterocycles. The minimum atomic E-state index is -0.617. The van der Waals surface area contributed by atoms with E-state index in [1.807, 2.05) is 0 Å². The number of anilines is 1. The SMILES string of the molecule is CCCCc1nc2cc(-n3c(N)c4c(cc3=O)C(=O)NC4=O)ccc2o1. The highest BCUT2D eigenvalue weighted by Crippen LogP contribution is 2.25. The van der Waals surface area contributed by atoms with Gasteiger partial charge in [0.1, 0.15) is 11.3 Å². The number of nitrogen functional groups attached to an aromatic ring is 1. The van der Waals surface area contributed by atoms with Crippen LogP contribution in [-0.2, 0) is 6.42 Å². The van der Waals surface area contributed by atoms with E-state index in [1.54, 1.807) is 18.2 Å². The van der Waals surface area contributed by atoms with Gasteiger partial charge in [0.15, 0.2) is 11.5 Å². The zero-order chi connectivity index (χ0) is 18.4. The molecule has 132 valence electrons. The normalized spacial score (nSPS) is 13.3. The van der Waals surface area contributed by atoms with Gasteiger partial charge in [0, 0.05) is 12.5 Å². The molecule has 0 aliphatic carbocycles. The molecule has 26 heavy (non-hydrogen) atoms. The molecule has 1 aromatic carbocycles. The molecule has 0 bridgehead atoms. The van der Waals surface area contributed by atoms with Crippen LogP contribution in [0.15, 0.2) is 33.5 Å². The highest BCUT2D eigenvalue weighted by molar-refractivity contribution is 6.23. The molecule has 3 heterocycles. The Morgan fingerprint density at radius 2 is 2.00 bits per heavy atom. The topological polar surface area (TPSA) is 120 Å². The van der Waals surface area contributed by atoms with Crippen LogP contribution in [0.5, 0.6) is 0 Å². The van der Waals surface area contributed by atoms with Gasteiger partial charge in [-0.1, -0.05) is 13.3 Å². The highest BCUT2D eigenvalue weighted by atomic mass is 16.3. The van der Waals surface area contributed by atoms with E-state index in [9.17, 15) is 14.4 Å². The smallest absolute Gasteiger partial charge is 0.262 e. The first-order chi connectivity index (χ1) is 12.5. The largest absolute Gasteiger partial charge is 0.441 e. The molecule has 0 radical (unpaired) electrons. The van der Waals surface area contributed by atoms with E-state index in [1.165, 1.54) is 4.57 Å². The maximum Gasteiger partial charge on any atom is 0.262 e. The lowest BCUT2D eigenvalue weighted by Crippen LogP contribution is -2.24. The maximum atomic E-state index is 12.5.